The van der Waals surface area contributed by atoms with Crippen molar-refractivity contribution in [3.8, 4) is 11.3 Å². The van der Waals surface area contributed by atoms with Crippen LogP contribution < -0.4 is 4.72 Å². The fourth-order valence-electron chi connectivity index (χ4n) is 2.70. The van der Waals surface area contributed by atoms with Crippen molar-refractivity contribution in [2.75, 3.05) is 4.72 Å². The highest BCUT2D eigenvalue weighted by molar-refractivity contribution is 7.91. The number of nitrogens with one attached hydrogen (secondary N) is 1. The van der Waals surface area contributed by atoms with E-state index in [4.69, 9.17) is 0 Å². The molecule has 0 aliphatic rings. The van der Waals surface area contributed by atoms with Crippen molar-refractivity contribution < 1.29 is 12.8 Å². The molecule has 0 saturated carbocycles. The Morgan fingerprint density at radius 1 is 1.15 bits per heavy atom. The Hall–Kier alpha value is -2.71. The van der Waals surface area contributed by atoms with Crippen LogP contribution in [0.15, 0.2) is 66.3 Å². The number of hydrogen-bond donors (Lipinski definition) is 1. The zero-order valence-corrected chi connectivity index (χ0v) is 15.1. The van der Waals surface area contributed by atoms with Crippen LogP contribution in [-0.4, -0.2) is 17.8 Å². The summed E-state index contributed by atoms with van der Waals surface area (Å²) in [6.07, 6.45) is 3.75. The van der Waals surface area contributed by atoms with Gasteiger partial charge in [-0.25, -0.2) is 17.8 Å². The van der Waals surface area contributed by atoms with Crippen molar-refractivity contribution in [1.82, 2.24) is 9.38 Å². The van der Waals surface area contributed by atoms with Crippen LogP contribution in [0, 0.1) is 5.82 Å². The number of sulfonamides is 1. The maximum atomic E-state index is 13.3. The van der Waals surface area contributed by atoms with Crippen LogP contribution in [0.3, 0.4) is 0 Å². The number of thiazole rings is 1. The summed E-state index contributed by atoms with van der Waals surface area (Å²) in [5.74, 6) is -0.770. The minimum absolute atomic E-state index is 0.308. The first-order valence-corrected chi connectivity index (χ1v) is 10.3. The molecule has 0 bridgehead atoms. The van der Waals surface area contributed by atoms with Gasteiger partial charge in [0.2, 0.25) is 10.0 Å². The van der Waals surface area contributed by atoms with Gasteiger partial charge in [0.25, 0.3) is 0 Å². The fraction of sp³-hybridized carbons (Fsp3) is 0.0556. The quantitative estimate of drug-likeness (QED) is 0.560. The zero-order valence-electron chi connectivity index (χ0n) is 13.5. The molecule has 2 aromatic heterocycles. The minimum atomic E-state index is -3.70. The first-order valence-electron chi connectivity index (χ1n) is 7.77. The molecule has 8 heteroatoms. The van der Waals surface area contributed by atoms with Gasteiger partial charge in [0, 0.05) is 23.3 Å². The molecular weight excluding hydrogens is 373 g/mol. The highest BCUT2D eigenvalue weighted by Gasteiger charge is 2.16. The Kier molecular flexibility index (Phi) is 4.21. The van der Waals surface area contributed by atoms with Gasteiger partial charge in [-0.2, -0.15) is 0 Å². The van der Waals surface area contributed by atoms with Crippen molar-refractivity contribution in [3.05, 3.63) is 77.7 Å². The number of imidazole rings is 1. The molecule has 26 heavy (non-hydrogen) atoms. The number of halogens is 1. The number of aromatic nitrogens is 2. The van der Waals surface area contributed by atoms with E-state index in [-0.39, 0.29) is 5.75 Å². The molecule has 0 aliphatic heterocycles. The molecule has 0 radical (unpaired) electrons. The molecule has 2 aromatic carbocycles. The normalized spacial score (nSPS) is 11.7. The van der Waals surface area contributed by atoms with Crippen LogP contribution in [0.25, 0.3) is 16.2 Å². The van der Waals surface area contributed by atoms with Crippen LogP contribution in [0.5, 0.6) is 0 Å². The topological polar surface area (TPSA) is 63.5 Å². The molecule has 0 aliphatic carbocycles. The molecule has 0 amide bonds. The average Bonchev–Trinajstić information content (AvgIpc) is 3.16. The van der Waals surface area contributed by atoms with Crippen LogP contribution in [0.1, 0.15) is 5.56 Å². The average molecular weight is 387 g/mol. The first-order chi connectivity index (χ1) is 12.5. The number of benzene rings is 2. The van der Waals surface area contributed by atoms with Gasteiger partial charge in [-0.05, 0) is 23.8 Å². The number of fused-ring (bicyclic) bond motifs is 1. The van der Waals surface area contributed by atoms with E-state index in [1.807, 2.05) is 34.3 Å². The Morgan fingerprint density at radius 2 is 2.00 bits per heavy atom. The van der Waals surface area contributed by atoms with Gasteiger partial charge >= 0.3 is 0 Å². The van der Waals surface area contributed by atoms with Gasteiger partial charge in [-0.1, -0.05) is 30.3 Å². The molecule has 132 valence electrons. The van der Waals surface area contributed by atoms with Crippen molar-refractivity contribution in [3.63, 3.8) is 0 Å². The molecule has 0 atom stereocenters. The summed E-state index contributed by atoms with van der Waals surface area (Å²) >= 11 is 1.50. The second-order valence-corrected chi connectivity index (χ2v) is 8.35. The predicted octanol–water partition coefficient (Wildman–Crippen LogP) is 4.14. The number of rotatable bonds is 5. The Morgan fingerprint density at radius 3 is 2.81 bits per heavy atom. The number of para-hydroxylation sites is 1. The SMILES string of the molecule is O=S(=O)(Cc1cccc(F)c1)Nc1ccccc1-c1cn2ccsc2n1. The van der Waals surface area contributed by atoms with Gasteiger partial charge in [0.15, 0.2) is 4.96 Å². The first kappa shape index (κ1) is 16.7. The van der Waals surface area contributed by atoms with E-state index in [9.17, 15) is 12.8 Å². The lowest BCUT2D eigenvalue weighted by Gasteiger charge is -2.11. The highest BCUT2D eigenvalue weighted by atomic mass is 32.2. The molecule has 4 rings (SSSR count). The number of anilines is 1. The smallest absolute Gasteiger partial charge is 0.236 e. The Bertz CT molecular complexity index is 1150. The molecule has 1 N–H and O–H groups in total. The Labute approximate surface area is 153 Å². The summed E-state index contributed by atoms with van der Waals surface area (Å²) in [6, 6.07) is 12.6. The minimum Gasteiger partial charge on any atom is -0.297 e. The van der Waals surface area contributed by atoms with Crippen LogP contribution in [-0.2, 0) is 15.8 Å². The lowest BCUT2D eigenvalue weighted by Crippen LogP contribution is -2.15. The van der Waals surface area contributed by atoms with Gasteiger partial charge in [-0.3, -0.25) is 9.12 Å². The van der Waals surface area contributed by atoms with E-state index in [0.717, 1.165) is 4.96 Å². The van der Waals surface area contributed by atoms with Gasteiger partial charge in [0.05, 0.1) is 17.1 Å². The van der Waals surface area contributed by atoms with E-state index in [1.54, 1.807) is 18.2 Å². The van der Waals surface area contributed by atoms with Gasteiger partial charge in [-0.15, -0.1) is 11.3 Å². The van der Waals surface area contributed by atoms with Crippen molar-refractivity contribution in [2.24, 2.45) is 0 Å². The largest absolute Gasteiger partial charge is 0.297 e. The molecular formula is C18H14FN3O2S2. The van der Waals surface area contributed by atoms with E-state index in [0.29, 0.717) is 22.5 Å². The van der Waals surface area contributed by atoms with Gasteiger partial charge in [0.1, 0.15) is 5.82 Å². The van der Waals surface area contributed by atoms with Crippen LogP contribution in [0.4, 0.5) is 10.1 Å². The molecule has 0 fully saturated rings. The summed E-state index contributed by atoms with van der Waals surface area (Å²) in [5.41, 5.74) is 2.19. The fourth-order valence-corrected chi connectivity index (χ4v) is 4.61. The lowest BCUT2D eigenvalue weighted by molar-refractivity contribution is 0.599. The Balaban J connectivity index is 1.65. The van der Waals surface area contributed by atoms with Crippen molar-refractivity contribution in [2.45, 2.75) is 5.75 Å². The molecule has 4 aromatic rings. The zero-order chi connectivity index (χ0) is 18.1. The van der Waals surface area contributed by atoms with E-state index in [1.165, 1.54) is 29.5 Å². The highest BCUT2D eigenvalue weighted by Crippen LogP contribution is 2.29. The lowest BCUT2D eigenvalue weighted by atomic mass is 10.1. The third-order valence-corrected chi connectivity index (χ3v) is 5.82. The second-order valence-electron chi connectivity index (χ2n) is 5.76. The number of nitrogens with zero attached hydrogens (tertiary/aromatic N) is 2. The standard InChI is InChI=1S/C18H14FN3O2S2/c19-14-5-3-4-13(10-14)12-26(23,24)21-16-7-2-1-6-15(16)17-11-22-8-9-25-18(22)20-17/h1-11,21H,12H2. The maximum Gasteiger partial charge on any atom is 0.236 e. The van der Waals surface area contributed by atoms with E-state index >= 15 is 0 Å². The molecule has 2 heterocycles. The second kappa shape index (κ2) is 6.54. The van der Waals surface area contributed by atoms with Crippen LogP contribution >= 0.6 is 11.3 Å². The van der Waals surface area contributed by atoms with E-state index < -0.39 is 15.8 Å². The molecule has 0 unspecified atom stereocenters. The monoisotopic (exact) mass is 387 g/mol. The van der Waals surface area contributed by atoms with E-state index in [2.05, 4.69) is 9.71 Å². The molecule has 5 nitrogen and oxygen atoms in total. The summed E-state index contributed by atoms with van der Waals surface area (Å²) in [6.45, 7) is 0. The number of hydrogen-bond acceptors (Lipinski definition) is 4. The van der Waals surface area contributed by atoms with Crippen LogP contribution in [0.2, 0.25) is 0 Å². The molecule has 0 saturated heterocycles. The predicted molar refractivity (Wildman–Crippen MR) is 101 cm³/mol. The third-order valence-electron chi connectivity index (χ3n) is 3.81. The summed E-state index contributed by atoms with van der Waals surface area (Å²) in [4.78, 5) is 5.36. The third kappa shape index (κ3) is 3.47. The van der Waals surface area contributed by atoms with Gasteiger partial charge < -0.3 is 0 Å². The summed E-state index contributed by atoms with van der Waals surface area (Å²) < 4.78 is 42.8. The van der Waals surface area contributed by atoms with Crippen molar-refractivity contribution >= 4 is 32.0 Å². The summed E-state index contributed by atoms with van der Waals surface area (Å²) in [5, 5.41) is 1.93. The maximum absolute atomic E-state index is 13.3. The summed E-state index contributed by atoms with van der Waals surface area (Å²) in [7, 11) is -3.70. The van der Waals surface area contributed by atoms with Crippen molar-refractivity contribution in [1.29, 1.82) is 0 Å². The molecule has 0 spiro atoms.